The lowest BCUT2D eigenvalue weighted by Gasteiger charge is -2.00. The minimum absolute atomic E-state index is 0.00864. The van der Waals surface area contributed by atoms with Crippen molar-refractivity contribution in [2.45, 2.75) is 5.22 Å². The number of non-ortho nitro benzene ring substituents is 1. The number of nitrogens with zero attached hydrogens (tertiary/aromatic N) is 4. The van der Waals surface area contributed by atoms with E-state index in [1.165, 1.54) is 23.5 Å². The van der Waals surface area contributed by atoms with E-state index in [1.54, 1.807) is 17.5 Å². The van der Waals surface area contributed by atoms with Crippen LogP contribution in [0.5, 0.6) is 0 Å². The second-order valence-electron chi connectivity index (χ2n) is 7.11. The van der Waals surface area contributed by atoms with Crippen molar-refractivity contribution in [3.05, 3.63) is 82.2 Å². The molecule has 0 unspecified atom stereocenters. The van der Waals surface area contributed by atoms with Crippen LogP contribution in [0.3, 0.4) is 0 Å². The molecule has 0 bridgehead atoms. The van der Waals surface area contributed by atoms with Gasteiger partial charge >= 0.3 is 0 Å². The van der Waals surface area contributed by atoms with E-state index in [1.807, 2.05) is 42.5 Å². The summed E-state index contributed by atoms with van der Waals surface area (Å²) in [6.07, 6.45) is 0. The molecule has 0 aliphatic rings. The van der Waals surface area contributed by atoms with Gasteiger partial charge in [-0.3, -0.25) is 14.9 Å². The van der Waals surface area contributed by atoms with Gasteiger partial charge in [-0.15, -0.1) is 21.5 Å². The molecule has 0 spiro atoms. The molecule has 34 heavy (non-hydrogen) atoms. The van der Waals surface area contributed by atoms with Gasteiger partial charge in [0.1, 0.15) is 0 Å². The first-order valence-electron chi connectivity index (χ1n) is 10.0. The molecule has 1 amide bonds. The van der Waals surface area contributed by atoms with Gasteiger partial charge in [0.25, 0.3) is 10.9 Å². The summed E-state index contributed by atoms with van der Waals surface area (Å²) in [6.45, 7) is 0. The highest BCUT2D eigenvalue weighted by molar-refractivity contribution is 7.99. The summed E-state index contributed by atoms with van der Waals surface area (Å²) in [6, 6.07) is 20.0. The number of nitro benzene ring substituents is 1. The summed E-state index contributed by atoms with van der Waals surface area (Å²) in [5.41, 5.74) is 2.17. The summed E-state index contributed by atoms with van der Waals surface area (Å²) in [5.74, 6) is 0.201. The molecule has 3 aromatic carbocycles. The van der Waals surface area contributed by atoms with Crippen LogP contribution >= 0.6 is 23.1 Å². The Morgan fingerprint density at radius 3 is 2.59 bits per heavy atom. The van der Waals surface area contributed by atoms with Crippen LogP contribution in [0.4, 0.5) is 10.8 Å². The molecule has 1 N–H and O–H groups in total. The van der Waals surface area contributed by atoms with E-state index in [0.717, 1.165) is 33.7 Å². The molecule has 0 radical (unpaired) electrons. The van der Waals surface area contributed by atoms with Crippen LogP contribution in [0.1, 0.15) is 0 Å². The molecular weight excluding hydrogens is 474 g/mol. The number of fused-ring (bicyclic) bond motifs is 1. The maximum Gasteiger partial charge on any atom is 0.277 e. The van der Waals surface area contributed by atoms with Gasteiger partial charge in [-0.2, -0.15) is 0 Å². The third-order valence-electron chi connectivity index (χ3n) is 4.85. The molecule has 9 nitrogen and oxygen atoms in total. The Bertz CT molecular complexity index is 1500. The zero-order valence-corrected chi connectivity index (χ0v) is 19.0. The van der Waals surface area contributed by atoms with E-state index in [4.69, 9.17) is 4.42 Å². The Kier molecular flexibility index (Phi) is 6.02. The third-order valence-corrected chi connectivity index (χ3v) is 6.43. The Balaban J connectivity index is 1.18. The number of aromatic nitrogens is 3. The molecule has 0 saturated heterocycles. The number of anilines is 1. The van der Waals surface area contributed by atoms with Crippen LogP contribution in [0.2, 0.25) is 0 Å². The number of hydrogen-bond donors (Lipinski definition) is 1. The van der Waals surface area contributed by atoms with Crippen LogP contribution in [-0.4, -0.2) is 31.8 Å². The number of nitro groups is 1. The molecule has 5 rings (SSSR count). The Morgan fingerprint density at radius 1 is 1.03 bits per heavy atom. The number of nitrogens with one attached hydrogen (secondary N) is 1. The van der Waals surface area contributed by atoms with Gasteiger partial charge < -0.3 is 9.73 Å². The van der Waals surface area contributed by atoms with E-state index in [2.05, 4.69) is 20.5 Å². The lowest BCUT2D eigenvalue weighted by molar-refractivity contribution is -0.384. The number of rotatable bonds is 7. The van der Waals surface area contributed by atoms with E-state index < -0.39 is 4.92 Å². The van der Waals surface area contributed by atoms with Crippen LogP contribution < -0.4 is 5.32 Å². The van der Waals surface area contributed by atoms with Crippen molar-refractivity contribution in [2.75, 3.05) is 11.1 Å². The molecule has 0 fully saturated rings. The molecule has 2 heterocycles. The van der Waals surface area contributed by atoms with Crippen LogP contribution in [0.15, 0.2) is 81.8 Å². The summed E-state index contributed by atoms with van der Waals surface area (Å²) in [7, 11) is 0. The van der Waals surface area contributed by atoms with Crippen LogP contribution in [0.25, 0.3) is 33.5 Å². The standard InChI is InChI=1S/C23H15N5O4S2/c29-20(25-22-24-19(12-33-22)15-7-9-18(10-8-15)28(30)31)13-34-23-27-26-21(32-23)17-6-5-14-3-1-2-4-16(14)11-17/h1-12H,13H2,(H,24,25,29). The molecule has 0 aliphatic carbocycles. The van der Waals surface area contributed by atoms with Gasteiger partial charge in [-0.05, 0) is 35.0 Å². The van der Waals surface area contributed by atoms with Crippen molar-refractivity contribution in [2.24, 2.45) is 0 Å². The number of thioether (sulfide) groups is 1. The SMILES string of the molecule is O=C(CSc1nnc(-c2ccc3ccccc3c2)o1)Nc1nc(-c2ccc([N+](=O)[O-])cc2)cs1. The van der Waals surface area contributed by atoms with Crippen molar-refractivity contribution in [1.29, 1.82) is 0 Å². The Morgan fingerprint density at radius 2 is 1.79 bits per heavy atom. The fourth-order valence-electron chi connectivity index (χ4n) is 3.21. The molecule has 11 heteroatoms. The number of amides is 1. The fraction of sp³-hybridized carbons (Fsp3) is 0.0435. The number of thiazole rings is 1. The van der Waals surface area contributed by atoms with Gasteiger partial charge in [-0.25, -0.2) is 4.98 Å². The lowest BCUT2D eigenvalue weighted by Crippen LogP contribution is -2.13. The first-order valence-corrected chi connectivity index (χ1v) is 11.9. The Hall–Kier alpha value is -4.09. The lowest BCUT2D eigenvalue weighted by atomic mass is 10.1. The molecule has 0 saturated carbocycles. The minimum Gasteiger partial charge on any atom is -0.411 e. The van der Waals surface area contributed by atoms with Gasteiger partial charge in [0.05, 0.1) is 16.4 Å². The normalized spacial score (nSPS) is 10.9. The average molecular weight is 490 g/mol. The summed E-state index contributed by atoms with van der Waals surface area (Å²) < 4.78 is 5.71. The number of benzene rings is 3. The molecule has 168 valence electrons. The summed E-state index contributed by atoms with van der Waals surface area (Å²) in [4.78, 5) is 27.0. The number of hydrogen-bond acceptors (Lipinski definition) is 9. The van der Waals surface area contributed by atoms with Crippen molar-refractivity contribution in [3.63, 3.8) is 0 Å². The minimum atomic E-state index is -0.456. The van der Waals surface area contributed by atoms with Gasteiger partial charge in [-0.1, -0.05) is 42.1 Å². The monoisotopic (exact) mass is 489 g/mol. The highest BCUT2D eigenvalue weighted by Crippen LogP contribution is 2.28. The van der Waals surface area contributed by atoms with E-state index in [-0.39, 0.29) is 17.3 Å². The van der Waals surface area contributed by atoms with E-state index in [0.29, 0.717) is 21.9 Å². The smallest absolute Gasteiger partial charge is 0.277 e. The molecular formula is C23H15N5O4S2. The topological polar surface area (TPSA) is 124 Å². The van der Waals surface area contributed by atoms with Crippen molar-refractivity contribution >= 4 is 50.6 Å². The fourth-order valence-corrected chi connectivity index (χ4v) is 4.51. The highest BCUT2D eigenvalue weighted by Gasteiger charge is 2.14. The van der Waals surface area contributed by atoms with Crippen molar-refractivity contribution < 1.29 is 14.1 Å². The van der Waals surface area contributed by atoms with Gasteiger partial charge in [0.2, 0.25) is 11.8 Å². The Labute approximate surface area is 201 Å². The maximum atomic E-state index is 12.3. The van der Waals surface area contributed by atoms with E-state index >= 15 is 0 Å². The second kappa shape index (κ2) is 9.41. The van der Waals surface area contributed by atoms with Crippen molar-refractivity contribution in [3.8, 4) is 22.7 Å². The largest absolute Gasteiger partial charge is 0.411 e. The number of carbonyl (C=O) groups excluding carboxylic acids is 1. The highest BCUT2D eigenvalue weighted by atomic mass is 32.2. The van der Waals surface area contributed by atoms with Crippen LogP contribution in [0, 0.1) is 10.1 Å². The zero-order valence-electron chi connectivity index (χ0n) is 17.4. The summed E-state index contributed by atoms with van der Waals surface area (Å²) in [5, 5.41) is 26.3. The zero-order chi connectivity index (χ0) is 23.5. The maximum absolute atomic E-state index is 12.3. The quantitative estimate of drug-likeness (QED) is 0.177. The van der Waals surface area contributed by atoms with Gasteiger partial charge in [0.15, 0.2) is 5.13 Å². The van der Waals surface area contributed by atoms with E-state index in [9.17, 15) is 14.9 Å². The molecule has 0 aliphatic heterocycles. The van der Waals surface area contributed by atoms with Crippen LogP contribution in [-0.2, 0) is 4.79 Å². The van der Waals surface area contributed by atoms with Gasteiger partial charge in [0, 0.05) is 28.6 Å². The molecule has 2 aromatic heterocycles. The molecule has 0 atom stereocenters. The average Bonchev–Trinajstić information content (AvgIpc) is 3.52. The first kappa shape index (κ1) is 21.7. The predicted molar refractivity (Wildman–Crippen MR) is 131 cm³/mol. The molecule has 5 aromatic rings. The predicted octanol–water partition coefficient (Wildman–Crippen LogP) is 5.65. The third kappa shape index (κ3) is 4.80. The van der Waals surface area contributed by atoms with Crippen molar-refractivity contribution in [1.82, 2.24) is 15.2 Å². The first-order chi connectivity index (χ1) is 16.5. The summed E-state index contributed by atoms with van der Waals surface area (Å²) >= 11 is 2.40. The number of carbonyl (C=O) groups is 1. The second-order valence-corrected chi connectivity index (χ2v) is 8.90.